The molecule has 2 fully saturated rings. The van der Waals surface area contributed by atoms with Gasteiger partial charge in [0.15, 0.2) is 5.96 Å². The van der Waals surface area contributed by atoms with Crippen molar-refractivity contribution < 1.29 is 0 Å². The highest BCUT2D eigenvalue weighted by molar-refractivity contribution is 5.80. The number of nitrogens with one attached hydrogen (secondary N) is 2. The van der Waals surface area contributed by atoms with Crippen LogP contribution >= 0.6 is 0 Å². The van der Waals surface area contributed by atoms with Crippen LogP contribution < -0.4 is 10.6 Å². The minimum Gasteiger partial charge on any atom is -0.355 e. The summed E-state index contributed by atoms with van der Waals surface area (Å²) >= 11 is 0. The largest absolute Gasteiger partial charge is 0.355 e. The Bertz CT molecular complexity index is 374. The zero-order valence-corrected chi connectivity index (χ0v) is 15.8. The van der Waals surface area contributed by atoms with Gasteiger partial charge < -0.3 is 15.5 Å². The first-order chi connectivity index (χ1) is 11.0. The standard InChI is InChI=1S/C18H37N5/c1-14(2)23-12-16(4)17(13-23)21-18(19-5)20-8-11-22-9-6-15(3)7-10-22/h14-17H,6-13H2,1-5H3,(H2,19,20,21). The maximum Gasteiger partial charge on any atom is 0.191 e. The van der Waals surface area contributed by atoms with E-state index in [-0.39, 0.29) is 0 Å². The average molecular weight is 324 g/mol. The van der Waals surface area contributed by atoms with Gasteiger partial charge >= 0.3 is 0 Å². The lowest BCUT2D eigenvalue weighted by atomic mass is 9.99. The number of hydrogen-bond acceptors (Lipinski definition) is 3. The molecule has 2 rings (SSSR count). The van der Waals surface area contributed by atoms with Gasteiger partial charge in [-0.2, -0.15) is 0 Å². The van der Waals surface area contributed by atoms with Crippen molar-refractivity contribution in [3.05, 3.63) is 0 Å². The molecule has 0 bridgehead atoms. The summed E-state index contributed by atoms with van der Waals surface area (Å²) in [5.74, 6) is 2.53. The van der Waals surface area contributed by atoms with E-state index < -0.39 is 0 Å². The fourth-order valence-electron chi connectivity index (χ4n) is 3.60. The molecule has 2 heterocycles. The normalized spacial score (nSPS) is 28.5. The molecule has 0 aromatic heterocycles. The topological polar surface area (TPSA) is 42.9 Å². The molecule has 23 heavy (non-hydrogen) atoms. The van der Waals surface area contributed by atoms with Crippen LogP contribution in [0.15, 0.2) is 4.99 Å². The molecular formula is C18H37N5. The lowest BCUT2D eigenvalue weighted by molar-refractivity contribution is 0.195. The molecule has 0 spiro atoms. The maximum absolute atomic E-state index is 4.41. The van der Waals surface area contributed by atoms with E-state index in [1.807, 2.05) is 7.05 Å². The van der Waals surface area contributed by atoms with Crippen molar-refractivity contribution in [2.75, 3.05) is 46.3 Å². The number of aliphatic imine (C=N–C) groups is 1. The zero-order valence-electron chi connectivity index (χ0n) is 15.8. The minimum absolute atomic E-state index is 0.499. The third-order valence-electron chi connectivity index (χ3n) is 5.51. The van der Waals surface area contributed by atoms with E-state index in [2.05, 4.69) is 53.1 Å². The third-order valence-corrected chi connectivity index (χ3v) is 5.51. The van der Waals surface area contributed by atoms with Gasteiger partial charge in [0.05, 0.1) is 0 Å². The van der Waals surface area contributed by atoms with Crippen LogP contribution in [0.25, 0.3) is 0 Å². The number of piperidine rings is 1. The lowest BCUT2D eigenvalue weighted by Crippen LogP contribution is -2.48. The first kappa shape index (κ1) is 18.5. The minimum atomic E-state index is 0.499. The summed E-state index contributed by atoms with van der Waals surface area (Å²) in [5, 5.41) is 7.12. The number of likely N-dealkylation sites (tertiary alicyclic amines) is 2. The molecule has 2 unspecified atom stereocenters. The van der Waals surface area contributed by atoms with Crippen LogP contribution in [0.4, 0.5) is 0 Å². The number of rotatable bonds is 5. The van der Waals surface area contributed by atoms with Gasteiger partial charge in [0.1, 0.15) is 0 Å². The van der Waals surface area contributed by atoms with E-state index in [9.17, 15) is 0 Å². The van der Waals surface area contributed by atoms with Gasteiger partial charge in [-0.25, -0.2) is 0 Å². The first-order valence-electron chi connectivity index (χ1n) is 9.43. The second-order valence-corrected chi connectivity index (χ2v) is 7.80. The number of hydrogen-bond donors (Lipinski definition) is 2. The summed E-state index contributed by atoms with van der Waals surface area (Å²) in [4.78, 5) is 9.52. The van der Waals surface area contributed by atoms with E-state index in [1.165, 1.54) is 32.5 Å². The Hall–Kier alpha value is -0.810. The van der Waals surface area contributed by atoms with Crippen molar-refractivity contribution in [2.45, 2.75) is 52.6 Å². The van der Waals surface area contributed by atoms with Crippen LogP contribution in [0.5, 0.6) is 0 Å². The number of guanidine groups is 1. The van der Waals surface area contributed by atoms with Gasteiger partial charge in [0.25, 0.3) is 0 Å². The first-order valence-corrected chi connectivity index (χ1v) is 9.43. The predicted octanol–water partition coefficient (Wildman–Crippen LogP) is 1.61. The number of nitrogens with zero attached hydrogens (tertiary/aromatic N) is 3. The molecule has 2 N–H and O–H groups in total. The van der Waals surface area contributed by atoms with Crippen LogP contribution in [0.2, 0.25) is 0 Å². The Balaban J connectivity index is 1.69. The third kappa shape index (κ3) is 5.64. The maximum atomic E-state index is 4.41. The molecular weight excluding hydrogens is 286 g/mol. The molecule has 5 heteroatoms. The van der Waals surface area contributed by atoms with E-state index >= 15 is 0 Å². The summed E-state index contributed by atoms with van der Waals surface area (Å²) in [6.45, 7) is 16.1. The smallest absolute Gasteiger partial charge is 0.191 e. The molecule has 0 radical (unpaired) electrons. The van der Waals surface area contributed by atoms with Crippen LogP contribution in [-0.4, -0.2) is 74.2 Å². The molecule has 0 amide bonds. The fraction of sp³-hybridized carbons (Fsp3) is 0.944. The molecule has 0 aromatic rings. The van der Waals surface area contributed by atoms with Crippen molar-refractivity contribution >= 4 is 5.96 Å². The van der Waals surface area contributed by atoms with E-state index in [1.54, 1.807) is 0 Å². The second-order valence-electron chi connectivity index (χ2n) is 7.80. The van der Waals surface area contributed by atoms with Gasteiger partial charge in [0, 0.05) is 45.3 Å². The Morgan fingerprint density at radius 3 is 2.43 bits per heavy atom. The molecule has 5 nitrogen and oxygen atoms in total. The molecule has 2 aliphatic rings. The van der Waals surface area contributed by atoms with Crippen molar-refractivity contribution in [1.29, 1.82) is 0 Å². The summed E-state index contributed by atoms with van der Waals surface area (Å²) < 4.78 is 0. The summed E-state index contributed by atoms with van der Waals surface area (Å²) in [6.07, 6.45) is 2.69. The quantitative estimate of drug-likeness (QED) is 0.596. The lowest BCUT2D eigenvalue weighted by Gasteiger charge is -2.30. The van der Waals surface area contributed by atoms with Crippen molar-refractivity contribution in [1.82, 2.24) is 20.4 Å². The Kier molecular flexibility index (Phi) is 7.15. The van der Waals surface area contributed by atoms with Gasteiger partial charge in [-0.15, -0.1) is 0 Å². The van der Waals surface area contributed by atoms with Gasteiger partial charge in [-0.1, -0.05) is 13.8 Å². The predicted molar refractivity (Wildman–Crippen MR) is 99.0 cm³/mol. The van der Waals surface area contributed by atoms with Crippen molar-refractivity contribution in [3.8, 4) is 0 Å². The monoisotopic (exact) mass is 323 g/mol. The van der Waals surface area contributed by atoms with Crippen LogP contribution in [0, 0.1) is 11.8 Å². The van der Waals surface area contributed by atoms with Gasteiger partial charge in [-0.3, -0.25) is 9.89 Å². The van der Waals surface area contributed by atoms with Crippen molar-refractivity contribution in [2.24, 2.45) is 16.8 Å². The Morgan fingerprint density at radius 1 is 1.17 bits per heavy atom. The molecule has 2 saturated heterocycles. The van der Waals surface area contributed by atoms with E-state index in [0.29, 0.717) is 18.0 Å². The molecule has 134 valence electrons. The van der Waals surface area contributed by atoms with E-state index in [4.69, 9.17) is 0 Å². The van der Waals surface area contributed by atoms with Crippen LogP contribution in [0.3, 0.4) is 0 Å². The molecule has 0 aromatic carbocycles. The van der Waals surface area contributed by atoms with Crippen LogP contribution in [0.1, 0.15) is 40.5 Å². The average Bonchev–Trinajstić information content (AvgIpc) is 2.89. The fourth-order valence-corrected chi connectivity index (χ4v) is 3.60. The van der Waals surface area contributed by atoms with Crippen LogP contribution in [-0.2, 0) is 0 Å². The van der Waals surface area contributed by atoms with Gasteiger partial charge in [0.2, 0.25) is 0 Å². The molecule has 0 aliphatic carbocycles. The van der Waals surface area contributed by atoms with Gasteiger partial charge in [-0.05, 0) is 51.6 Å². The summed E-state index contributed by atoms with van der Waals surface area (Å²) in [6, 6.07) is 1.13. The highest BCUT2D eigenvalue weighted by Crippen LogP contribution is 2.18. The Labute approximate surface area is 142 Å². The second kappa shape index (κ2) is 8.88. The highest BCUT2D eigenvalue weighted by Gasteiger charge is 2.31. The zero-order chi connectivity index (χ0) is 16.8. The SMILES string of the molecule is CN=C(NCCN1CCC(C)CC1)NC1CN(C(C)C)CC1C. The van der Waals surface area contributed by atoms with E-state index in [0.717, 1.165) is 31.5 Å². The highest BCUT2D eigenvalue weighted by atomic mass is 15.3. The molecule has 2 aliphatic heterocycles. The molecule has 2 atom stereocenters. The summed E-state index contributed by atoms with van der Waals surface area (Å²) in [7, 11) is 1.87. The Morgan fingerprint density at radius 2 is 1.87 bits per heavy atom. The molecule has 0 saturated carbocycles. The van der Waals surface area contributed by atoms with Crippen molar-refractivity contribution in [3.63, 3.8) is 0 Å². The summed E-state index contributed by atoms with van der Waals surface area (Å²) in [5.41, 5.74) is 0.